The van der Waals surface area contributed by atoms with Gasteiger partial charge in [-0.05, 0) is 54.2 Å². The fourth-order valence-electron chi connectivity index (χ4n) is 4.30. The summed E-state index contributed by atoms with van der Waals surface area (Å²) in [5.74, 6) is 0.0945. The van der Waals surface area contributed by atoms with E-state index in [0.29, 0.717) is 43.6 Å². The number of ether oxygens (including phenoxy) is 5. The van der Waals surface area contributed by atoms with Crippen molar-refractivity contribution in [2.75, 3.05) is 19.8 Å². The van der Waals surface area contributed by atoms with Crippen LogP contribution in [0.4, 0.5) is 0 Å². The number of carbonyl (C=O) groups excluding carboxylic acids is 2. The Balaban J connectivity index is 1.39. The number of halogens is 1. The molecule has 0 N–H and O–H groups in total. The molecule has 0 spiro atoms. The Morgan fingerprint density at radius 3 is 2.44 bits per heavy atom. The number of carbonyl (C=O) groups is 2. The van der Waals surface area contributed by atoms with Gasteiger partial charge in [-0.15, -0.1) is 0 Å². The molecule has 2 fully saturated rings. The standard InChI is InChI=1S/C28H33ClO7/c1-18(30)34-17-26-15-25(35-19(2)31)16-28(36-26)21-5-10-27(29)22(14-21)13-20-3-6-23(7-4-20)32-11-12-33-24-8-9-24/h3-7,10,14,24-26,28H,8-9,11-13,15-17H2,1-2H3/t25-,26-,28?/m0/s1. The summed E-state index contributed by atoms with van der Waals surface area (Å²) in [6, 6.07) is 13.8. The minimum Gasteiger partial charge on any atom is -0.491 e. The third kappa shape index (κ3) is 8.22. The van der Waals surface area contributed by atoms with Gasteiger partial charge in [0.2, 0.25) is 0 Å². The van der Waals surface area contributed by atoms with E-state index < -0.39 is 0 Å². The van der Waals surface area contributed by atoms with Crippen LogP contribution in [0.5, 0.6) is 5.75 Å². The van der Waals surface area contributed by atoms with Gasteiger partial charge in [0, 0.05) is 31.7 Å². The summed E-state index contributed by atoms with van der Waals surface area (Å²) in [4.78, 5) is 22.9. The van der Waals surface area contributed by atoms with E-state index in [1.54, 1.807) is 0 Å². The predicted octanol–water partition coefficient (Wildman–Crippen LogP) is 5.20. The molecule has 2 aromatic carbocycles. The molecule has 8 heteroatoms. The lowest BCUT2D eigenvalue weighted by Crippen LogP contribution is -2.36. The molecule has 3 atom stereocenters. The summed E-state index contributed by atoms with van der Waals surface area (Å²) in [6.45, 7) is 4.02. The third-order valence-corrected chi connectivity index (χ3v) is 6.52. The van der Waals surface area contributed by atoms with Crippen molar-refractivity contribution in [1.82, 2.24) is 0 Å². The average molecular weight is 517 g/mol. The van der Waals surface area contributed by atoms with Crippen LogP contribution >= 0.6 is 11.6 Å². The third-order valence-electron chi connectivity index (χ3n) is 6.15. The van der Waals surface area contributed by atoms with Crippen LogP contribution in [0.15, 0.2) is 42.5 Å². The molecule has 7 nitrogen and oxygen atoms in total. The van der Waals surface area contributed by atoms with Gasteiger partial charge in [0.05, 0.1) is 24.9 Å². The summed E-state index contributed by atoms with van der Waals surface area (Å²) < 4.78 is 28.2. The first kappa shape index (κ1) is 26.5. The summed E-state index contributed by atoms with van der Waals surface area (Å²) in [5, 5.41) is 0.667. The summed E-state index contributed by atoms with van der Waals surface area (Å²) in [7, 11) is 0. The van der Waals surface area contributed by atoms with Crippen molar-refractivity contribution in [3.05, 3.63) is 64.2 Å². The molecule has 0 amide bonds. The molecule has 2 aliphatic rings. The largest absolute Gasteiger partial charge is 0.491 e. The molecule has 1 heterocycles. The van der Waals surface area contributed by atoms with E-state index in [1.807, 2.05) is 42.5 Å². The summed E-state index contributed by atoms with van der Waals surface area (Å²) >= 11 is 6.54. The van der Waals surface area contributed by atoms with Gasteiger partial charge in [-0.2, -0.15) is 0 Å². The van der Waals surface area contributed by atoms with E-state index in [2.05, 4.69) is 0 Å². The number of hydrogen-bond acceptors (Lipinski definition) is 7. The van der Waals surface area contributed by atoms with Gasteiger partial charge in [-0.1, -0.05) is 35.9 Å². The van der Waals surface area contributed by atoms with Crippen molar-refractivity contribution in [2.45, 2.75) is 70.4 Å². The van der Waals surface area contributed by atoms with Gasteiger partial charge in [0.15, 0.2) is 0 Å². The van der Waals surface area contributed by atoms with Gasteiger partial charge in [0.1, 0.15) is 25.1 Å². The number of hydrogen-bond donors (Lipinski definition) is 0. The summed E-state index contributed by atoms with van der Waals surface area (Å²) in [6.07, 6.45) is 3.41. The van der Waals surface area contributed by atoms with Gasteiger partial charge < -0.3 is 23.7 Å². The average Bonchev–Trinajstić information content (AvgIpc) is 3.67. The molecule has 36 heavy (non-hydrogen) atoms. The minimum absolute atomic E-state index is 0.116. The second kappa shape index (κ2) is 12.6. The zero-order valence-corrected chi connectivity index (χ0v) is 21.5. The van der Waals surface area contributed by atoms with Crippen molar-refractivity contribution in [2.24, 2.45) is 0 Å². The smallest absolute Gasteiger partial charge is 0.302 e. The van der Waals surface area contributed by atoms with E-state index in [4.69, 9.17) is 35.3 Å². The predicted molar refractivity (Wildman–Crippen MR) is 134 cm³/mol. The second-order valence-electron chi connectivity index (χ2n) is 9.34. The van der Waals surface area contributed by atoms with Crippen LogP contribution in [0.3, 0.4) is 0 Å². The molecule has 0 aromatic heterocycles. The highest BCUT2D eigenvalue weighted by Gasteiger charge is 2.33. The van der Waals surface area contributed by atoms with E-state index in [9.17, 15) is 9.59 Å². The molecule has 1 aliphatic heterocycles. The molecule has 4 rings (SSSR count). The Morgan fingerprint density at radius 2 is 1.75 bits per heavy atom. The number of esters is 2. The molecular weight excluding hydrogens is 484 g/mol. The zero-order valence-electron chi connectivity index (χ0n) is 20.7. The normalized spacial score (nSPS) is 21.6. The Labute approximate surface area is 217 Å². The van der Waals surface area contributed by atoms with Crippen LogP contribution < -0.4 is 4.74 Å². The quantitative estimate of drug-likeness (QED) is 0.300. The van der Waals surface area contributed by atoms with Crippen molar-refractivity contribution in [3.63, 3.8) is 0 Å². The second-order valence-corrected chi connectivity index (χ2v) is 9.75. The first-order valence-electron chi connectivity index (χ1n) is 12.4. The maximum absolute atomic E-state index is 11.6. The topological polar surface area (TPSA) is 80.3 Å². The van der Waals surface area contributed by atoms with Crippen molar-refractivity contribution in [3.8, 4) is 5.75 Å². The molecule has 0 radical (unpaired) electrons. The zero-order chi connectivity index (χ0) is 25.5. The highest BCUT2D eigenvalue weighted by atomic mass is 35.5. The molecule has 1 unspecified atom stereocenters. The number of rotatable bonds is 11. The molecule has 1 saturated heterocycles. The SMILES string of the molecule is CC(=O)OC[C@@H]1C[C@H](OC(C)=O)CC(c2ccc(Cl)c(Cc3ccc(OCCOC4CC4)cc3)c2)O1. The lowest BCUT2D eigenvalue weighted by atomic mass is 9.94. The van der Waals surface area contributed by atoms with Crippen molar-refractivity contribution >= 4 is 23.5 Å². The highest BCUT2D eigenvalue weighted by molar-refractivity contribution is 6.31. The fourth-order valence-corrected chi connectivity index (χ4v) is 4.48. The van der Waals surface area contributed by atoms with E-state index >= 15 is 0 Å². The molecule has 1 aliphatic carbocycles. The maximum Gasteiger partial charge on any atom is 0.302 e. The fraction of sp³-hybridized carbons (Fsp3) is 0.500. The Kier molecular flexibility index (Phi) is 9.24. The van der Waals surface area contributed by atoms with Gasteiger partial charge in [0.25, 0.3) is 0 Å². The first-order valence-corrected chi connectivity index (χ1v) is 12.8. The first-order chi connectivity index (χ1) is 17.4. The molecule has 0 bridgehead atoms. The van der Waals surface area contributed by atoms with Crippen LogP contribution in [0.25, 0.3) is 0 Å². The summed E-state index contributed by atoms with van der Waals surface area (Å²) in [5.41, 5.74) is 3.01. The van der Waals surface area contributed by atoms with E-state index in [-0.39, 0.29) is 36.9 Å². The Hall–Kier alpha value is -2.61. The van der Waals surface area contributed by atoms with Crippen LogP contribution in [0, 0.1) is 0 Å². The Bertz CT molecular complexity index is 1030. The van der Waals surface area contributed by atoms with Crippen molar-refractivity contribution in [1.29, 1.82) is 0 Å². The molecular formula is C28H33ClO7. The van der Waals surface area contributed by atoms with Gasteiger partial charge in [-0.3, -0.25) is 9.59 Å². The lowest BCUT2D eigenvalue weighted by Gasteiger charge is -2.35. The van der Waals surface area contributed by atoms with Crippen LogP contribution in [0.1, 0.15) is 62.3 Å². The maximum atomic E-state index is 11.6. The van der Waals surface area contributed by atoms with Crippen LogP contribution in [-0.2, 0) is 35.0 Å². The van der Waals surface area contributed by atoms with Crippen LogP contribution in [0.2, 0.25) is 5.02 Å². The van der Waals surface area contributed by atoms with E-state index in [1.165, 1.54) is 13.8 Å². The van der Waals surface area contributed by atoms with Crippen molar-refractivity contribution < 1.29 is 33.3 Å². The molecule has 2 aromatic rings. The van der Waals surface area contributed by atoms with Gasteiger partial charge >= 0.3 is 11.9 Å². The van der Waals surface area contributed by atoms with E-state index in [0.717, 1.165) is 35.3 Å². The monoisotopic (exact) mass is 516 g/mol. The highest BCUT2D eigenvalue weighted by Crippen LogP contribution is 2.35. The minimum atomic E-state index is -0.374. The van der Waals surface area contributed by atoms with Crippen LogP contribution in [-0.4, -0.2) is 50.1 Å². The van der Waals surface area contributed by atoms with Gasteiger partial charge in [-0.25, -0.2) is 0 Å². The Morgan fingerprint density at radius 1 is 0.972 bits per heavy atom. The molecule has 1 saturated carbocycles. The number of benzene rings is 2. The molecule has 194 valence electrons. The lowest BCUT2D eigenvalue weighted by molar-refractivity contribution is -0.169.